The maximum atomic E-state index is 6.15. The number of aromatic nitrogens is 2. The topological polar surface area (TPSA) is 47.1 Å². The second-order valence-corrected chi connectivity index (χ2v) is 8.89. The van der Waals surface area contributed by atoms with Gasteiger partial charge in [-0.3, -0.25) is 0 Å². The molecule has 150 valence electrons. The lowest BCUT2D eigenvalue weighted by atomic mass is 9.78. The van der Waals surface area contributed by atoms with Crippen LogP contribution in [-0.4, -0.2) is 28.3 Å². The maximum Gasteiger partial charge on any atom is 0.494 e. The summed E-state index contributed by atoms with van der Waals surface area (Å²) in [4.78, 5) is 8.07. The Morgan fingerprint density at radius 1 is 0.700 bits per heavy atom. The lowest BCUT2D eigenvalue weighted by molar-refractivity contribution is 0.00578. The summed E-state index contributed by atoms with van der Waals surface area (Å²) in [6.07, 6.45) is 0. The standard InChI is InChI=1S/C25H25BN2O2/c1-24(2)25(3,4)30-26(29-24)20-15-13-18(14-16-20)17-9-11-19(12-10-17)23-27-21-7-5-6-8-22(21)28-23/h5-16H,1-4H3,(H,27,28). The Balaban J connectivity index is 1.36. The molecular formula is C25H25BN2O2. The first-order valence-corrected chi connectivity index (χ1v) is 10.3. The fourth-order valence-corrected chi connectivity index (χ4v) is 3.72. The average Bonchev–Trinajstić information content (AvgIpc) is 3.26. The molecule has 2 heterocycles. The number of nitrogens with zero attached hydrogens (tertiary/aromatic N) is 1. The molecule has 4 nitrogen and oxygen atoms in total. The van der Waals surface area contributed by atoms with Gasteiger partial charge in [-0.05, 0) is 56.4 Å². The fourth-order valence-electron chi connectivity index (χ4n) is 3.72. The van der Waals surface area contributed by atoms with Gasteiger partial charge in [0, 0.05) is 5.56 Å². The molecule has 0 amide bonds. The van der Waals surface area contributed by atoms with Gasteiger partial charge in [0.2, 0.25) is 0 Å². The number of nitrogens with one attached hydrogen (secondary N) is 1. The predicted molar refractivity (Wildman–Crippen MR) is 123 cm³/mol. The van der Waals surface area contributed by atoms with Crippen LogP contribution < -0.4 is 5.46 Å². The summed E-state index contributed by atoms with van der Waals surface area (Å²) in [5, 5.41) is 0. The second-order valence-electron chi connectivity index (χ2n) is 8.89. The zero-order valence-electron chi connectivity index (χ0n) is 17.8. The minimum absolute atomic E-state index is 0.331. The zero-order valence-corrected chi connectivity index (χ0v) is 17.8. The van der Waals surface area contributed by atoms with Crippen molar-refractivity contribution in [3.63, 3.8) is 0 Å². The maximum absolute atomic E-state index is 6.15. The van der Waals surface area contributed by atoms with Crippen LogP contribution in [0.4, 0.5) is 0 Å². The molecule has 1 fully saturated rings. The van der Waals surface area contributed by atoms with Crippen molar-refractivity contribution >= 4 is 23.6 Å². The number of fused-ring (bicyclic) bond motifs is 1. The van der Waals surface area contributed by atoms with Crippen molar-refractivity contribution in [1.29, 1.82) is 0 Å². The molecule has 0 spiro atoms. The first-order chi connectivity index (χ1) is 14.3. The van der Waals surface area contributed by atoms with Crippen LogP contribution >= 0.6 is 0 Å². The third-order valence-corrected chi connectivity index (χ3v) is 6.32. The van der Waals surface area contributed by atoms with E-state index < -0.39 is 0 Å². The smallest absolute Gasteiger partial charge is 0.399 e. The molecule has 4 aromatic rings. The van der Waals surface area contributed by atoms with E-state index in [1.165, 1.54) is 0 Å². The minimum Gasteiger partial charge on any atom is -0.399 e. The number of rotatable bonds is 3. The molecule has 0 unspecified atom stereocenters. The molecule has 0 aliphatic carbocycles. The van der Waals surface area contributed by atoms with Crippen molar-refractivity contribution in [2.24, 2.45) is 0 Å². The van der Waals surface area contributed by atoms with Gasteiger partial charge in [-0.15, -0.1) is 0 Å². The SMILES string of the molecule is CC1(C)OB(c2ccc(-c3ccc(-c4nc5ccccc5[nH]4)cc3)cc2)OC1(C)C. The van der Waals surface area contributed by atoms with Crippen LogP contribution in [0.25, 0.3) is 33.5 Å². The number of H-pyrrole nitrogens is 1. The average molecular weight is 396 g/mol. The number of imidazole rings is 1. The third kappa shape index (κ3) is 3.24. The summed E-state index contributed by atoms with van der Waals surface area (Å²) < 4.78 is 12.3. The molecule has 5 heteroatoms. The van der Waals surface area contributed by atoms with E-state index in [1.54, 1.807) is 0 Å². The number of benzene rings is 3. The molecule has 0 saturated carbocycles. The van der Waals surface area contributed by atoms with Crippen molar-refractivity contribution < 1.29 is 9.31 Å². The highest BCUT2D eigenvalue weighted by atomic mass is 16.7. The number of aromatic amines is 1. The van der Waals surface area contributed by atoms with E-state index in [-0.39, 0.29) is 18.3 Å². The van der Waals surface area contributed by atoms with Gasteiger partial charge < -0.3 is 14.3 Å². The lowest BCUT2D eigenvalue weighted by Crippen LogP contribution is -2.41. The molecule has 5 rings (SSSR count). The minimum atomic E-state index is -0.334. The Morgan fingerprint density at radius 3 is 1.83 bits per heavy atom. The summed E-state index contributed by atoms with van der Waals surface area (Å²) >= 11 is 0. The molecule has 30 heavy (non-hydrogen) atoms. The van der Waals surface area contributed by atoms with Crippen molar-refractivity contribution in [2.45, 2.75) is 38.9 Å². The molecule has 3 aromatic carbocycles. The summed E-state index contributed by atoms with van der Waals surface area (Å²) in [5.41, 5.74) is 5.80. The molecule has 1 aliphatic heterocycles. The molecule has 1 saturated heterocycles. The summed E-state index contributed by atoms with van der Waals surface area (Å²) in [7, 11) is -0.334. The highest BCUT2D eigenvalue weighted by Gasteiger charge is 2.51. The van der Waals surface area contributed by atoms with Crippen molar-refractivity contribution in [1.82, 2.24) is 9.97 Å². The monoisotopic (exact) mass is 396 g/mol. The van der Waals surface area contributed by atoms with Crippen molar-refractivity contribution in [2.75, 3.05) is 0 Å². The second kappa shape index (κ2) is 6.83. The first-order valence-electron chi connectivity index (χ1n) is 10.3. The summed E-state index contributed by atoms with van der Waals surface area (Å²) in [5.74, 6) is 0.888. The van der Waals surface area contributed by atoms with Crippen LogP contribution in [0.5, 0.6) is 0 Å². The quantitative estimate of drug-likeness (QED) is 0.485. The molecule has 1 aliphatic rings. The number of para-hydroxylation sites is 2. The van der Waals surface area contributed by atoms with E-state index >= 15 is 0 Å². The van der Waals surface area contributed by atoms with Crippen molar-refractivity contribution in [3.8, 4) is 22.5 Å². The fraction of sp³-hybridized carbons (Fsp3) is 0.240. The Hall–Kier alpha value is -2.89. The molecular weight excluding hydrogens is 371 g/mol. The van der Waals surface area contributed by atoms with Gasteiger partial charge in [-0.2, -0.15) is 0 Å². The van der Waals surface area contributed by atoms with Crippen molar-refractivity contribution in [3.05, 3.63) is 72.8 Å². The van der Waals surface area contributed by atoms with E-state index in [0.29, 0.717) is 0 Å². The van der Waals surface area contributed by atoms with Gasteiger partial charge in [0.1, 0.15) is 5.82 Å². The highest BCUT2D eigenvalue weighted by molar-refractivity contribution is 6.62. The van der Waals surface area contributed by atoms with Crippen LogP contribution in [0.15, 0.2) is 72.8 Å². The van der Waals surface area contributed by atoms with Crippen LogP contribution in [0.1, 0.15) is 27.7 Å². The van der Waals surface area contributed by atoms with Crippen LogP contribution in [0.3, 0.4) is 0 Å². The molecule has 1 aromatic heterocycles. The molecule has 0 atom stereocenters. The summed E-state index contributed by atoms with van der Waals surface area (Å²) in [6.45, 7) is 8.30. The Kier molecular flexibility index (Phi) is 4.35. The summed E-state index contributed by atoms with van der Waals surface area (Å²) in [6, 6.07) is 25.0. The molecule has 0 radical (unpaired) electrons. The number of hydrogen-bond acceptors (Lipinski definition) is 3. The third-order valence-electron chi connectivity index (χ3n) is 6.32. The normalized spacial score (nSPS) is 17.5. The van der Waals surface area contributed by atoms with E-state index in [9.17, 15) is 0 Å². The number of hydrogen-bond donors (Lipinski definition) is 1. The van der Waals surface area contributed by atoms with E-state index in [2.05, 4.69) is 86.2 Å². The zero-order chi connectivity index (χ0) is 20.9. The molecule has 1 N–H and O–H groups in total. The van der Waals surface area contributed by atoms with Gasteiger partial charge in [-0.1, -0.05) is 60.7 Å². The predicted octanol–water partition coefficient (Wildman–Crippen LogP) is 5.20. The van der Waals surface area contributed by atoms with Gasteiger partial charge in [-0.25, -0.2) is 4.98 Å². The lowest BCUT2D eigenvalue weighted by Gasteiger charge is -2.32. The Morgan fingerprint density at radius 2 is 1.23 bits per heavy atom. The van der Waals surface area contributed by atoms with E-state index in [1.807, 2.05) is 24.3 Å². The largest absolute Gasteiger partial charge is 0.494 e. The van der Waals surface area contributed by atoms with E-state index in [0.717, 1.165) is 39.0 Å². The van der Waals surface area contributed by atoms with Crippen LogP contribution in [-0.2, 0) is 9.31 Å². The molecule has 0 bridgehead atoms. The van der Waals surface area contributed by atoms with Gasteiger partial charge in [0.15, 0.2) is 0 Å². The van der Waals surface area contributed by atoms with Crippen LogP contribution in [0.2, 0.25) is 0 Å². The Labute approximate surface area is 177 Å². The van der Waals surface area contributed by atoms with Gasteiger partial charge in [0.25, 0.3) is 0 Å². The Bertz CT molecular complexity index is 1150. The van der Waals surface area contributed by atoms with Gasteiger partial charge >= 0.3 is 7.12 Å². The van der Waals surface area contributed by atoms with Gasteiger partial charge in [0.05, 0.1) is 22.2 Å². The van der Waals surface area contributed by atoms with E-state index in [4.69, 9.17) is 9.31 Å². The first kappa shape index (κ1) is 19.1. The van der Waals surface area contributed by atoms with Crippen LogP contribution in [0, 0.1) is 0 Å². The highest BCUT2D eigenvalue weighted by Crippen LogP contribution is 2.36.